The lowest BCUT2D eigenvalue weighted by Crippen LogP contribution is -2.39. The molecule has 0 aliphatic rings. The number of carbonyl (C=O) groups excluding carboxylic acids is 1. The van der Waals surface area contributed by atoms with Crippen LogP contribution >= 0.6 is 11.6 Å². The Bertz CT molecular complexity index is 341. The third-order valence-corrected chi connectivity index (χ3v) is 2.02. The lowest BCUT2D eigenvalue weighted by atomic mass is 10.2. The molecule has 5 heteroatoms. The number of urea groups is 1. The largest absolute Gasteiger partial charge is 0.333 e. The summed E-state index contributed by atoms with van der Waals surface area (Å²) in [7, 11) is 3.49. The van der Waals surface area contributed by atoms with E-state index < -0.39 is 0 Å². The van der Waals surface area contributed by atoms with Crippen LogP contribution in [-0.4, -0.2) is 25.1 Å². The molecule has 0 spiro atoms. The van der Waals surface area contributed by atoms with Gasteiger partial charge in [0, 0.05) is 25.7 Å². The average Bonchev–Trinajstić information content (AvgIpc) is 2.17. The van der Waals surface area contributed by atoms with Crippen LogP contribution in [0, 0.1) is 0 Å². The van der Waals surface area contributed by atoms with E-state index in [2.05, 4.69) is 10.7 Å². The molecule has 0 heterocycles. The number of benzene rings is 1. The van der Waals surface area contributed by atoms with Gasteiger partial charge in [-0.15, -0.1) is 11.6 Å². The summed E-state index contributed by atoms with van der Waals surface area (Å²) < 4.78 is 0. The number of hydrazine groups is 1. The van der Waals surface area contributed by atoms with Crippen LogP contribution in [0.3, 0.4) is 0 Å². The monoisotopic (exact) mass is 227 g/mol. The first-order valence-corrected chi connectivity index (χ1v) is 5.05. The van der Waals surface area contributed by atoms with Gasteiger partial charge in [0.15, 0.2) is 0 Å². The molecule has 0 atom stereocenters. The molecule has 4 nitrogen and oxygen atoms in total. The fraction of sp³-hybridized carbons (Fsp3) is 0.300. The maximum atomic E-state index is 11.4. The predicted octanol–water partition coefficient (Wildman–Crippen LogP) is 2.02. The van der Waals surface area contributed by atoms with Crippen LogP contribution < -0.4 is 10.7 Å². The third kappa shape index (κ3) is 3.77. The molecule has 1 rings (SSSR count). The van der Waals surface area contributed by atoms with Gasteiger partial charge in [-0.2, -0.15) is 0 Å². The molecule has 0 aliphatic heterocycles. The average molecular weight is 228 g/mol. The van der Waals surface area contributed by atoms with Crippen LogP contribution in [0.5, 0.6) is 0 Å². The van der Waals surface area contributed by atoms with Crippen molar-refractivity contribution in [3.8, 4) is 0 Å². The number of halogens is 1. The Kier molecular flexibility index (Phi) is 4.39. The van der Waals surface area contributed by atoms with Gasteiger partial charge in [0.25, 0.3) is 0 Å². The summed E-state index contributed by atoms with van der Waals surface area (Å²) in [5, 5.41) is 4.28. The zero-order valence-electron chi connectivity index (χ0n) is 8.75. The van der Waals surface area contributed by atoms with E-state index in [0.717, 1.165) is 11.3 Å². The highest BCUT2D eigenvalue weighted by molar-refractivity contribution is 6.17. The summed E-state index contributed by atoms with van der Waals surface area (Å²) in [6, 6.07) is 7.14. The standard InChI is InChI=1S/C10H14ClN3O/c1-14(2)13-10(15)12-9-6-4-3-5-8(9)7-11/h3-6H,7H2,1-2H3,(H2,12,13,15). The number of hydrogen-bond donors (Lipinski definition) is 2. The summed E-state index contributed by atoms with van der Waals surface area (Å²) in [5.41, 5.74) is 4.21. The fourth-order valence-electron chi connectivity index (χ4n) is 1.11. The number of carbonyl (C=O) groups is 1. The Morgan fingerprint density at radius 3 is 2.67 bits per heavy atom. The van der Waals surface area contributed by atoms with Gasteiger partial charge in [0.2, 0.25) is 0 Å². The summed E-state index contributed by atoms with van der Waals surface area (Å²) in [6.45, 7) is 0. The molecule has 2 N–H and O–H groups in total. The van der Waals surface area contributed by atoms with E-state index in [9.17, 15) is 4.79 Å². The van der Waals surface area contributed by atoms with Crippen molar-refractivity contribution in [2.75, 3.05) is 19.4 Å². The molecule has 15 heavy (non-hydrogen) atoms. The summed E-state index contributed by atoms with van der Waals surface area (Å²) in [4.78, 5) is 11.4. The first-order valence-electron chi connectivity index (χ1n) is 4.52. The van der Waals surface area contributed by atoms with Gasteiger partial charge in [-0.25, -0.2) is 9.80 Å². The quantitative estimate of drug-likeness (QED) is 0.613. The SMILES string of the molecule is CN(C)NC(=O)Nc1ccccc1CCl. The van der Waals surface area contributed by atoms with Gasteiger partial charge in [-0.05, 0) is 11.6 Å². The van der Waals surface area contributed by atoms with E-state index in [1.807, 2.05) is 24.3 Å². The number of nitrogens with one attached hydrogen (secondary N) is 2. The Hall–Kier alpha value is -1.26. The van der Waals surface area contributed by atoms with Crippen LogP contribution in [0.1, 0.15) is 5.56 Å². The minimum Gasteiger partial charge on any atom is -0.307 e. The van der Waals surface area contributed by atoms with Crippen LogP contribution in [-0.2, 0) is 5.88 Å². The van der Waals surface area contributed by atoms with Crippen molar-refractivity contribution in [1.82, 2.24) is 10.4 Å². The molecule has 0 radical (unpaired) electrons. The van der Waals surface area contributed by atoms with E-state index in [-0.39, 0.29) is 6.03 Å². The molecule has 0 unspecified atom stereocenters. The number of hydrogen-bond acceptors (Lipinski definition) is 2. The van der Waals surface area contributed by atoms with Crippen molar-refractivity contribution < 1.29 is 4.79 Å². The van der Waals surface area contributed by atoms with Crippen molar-refractivity contribution >= 4 is 23.3 Å². The predicted molar refractivity (Wildman–Crippen MR) is 61.8 cm³/mol. The zero-order valence-corrected chi connectivity index (χ0v) is 9.51. The first kappa shape index (κ1) is 11.8. The molecule has 0 fully saturated rings. The topological polar surface area (TPSA) is 44.4 Å². The summed E-state index contributed by atoms with van der Waals surface area (Å²) >= 11 is 5.74. The number of rotatable bonds is 3. The fourth-order valence-corrected chi connectivity index (χ4v) is 1.35. The first-order chi connectivity index (χ1) is 7.13. The Labute approximate surface area is 94.2 Å². The molecular formula is C10H14ClN3O. The second-order valence-corrected chi connectivity index (χ2v) is 3.52. The van der Waals surface area contributed by atoms with Crippen molar-refractivity contribution in [2.24, 2.45) is 0 Å². The molecule has 0 saturated heterocycles. The molecule has 1 aromatic rings. The molecule has 82 valence electrons. The van der Waals surface area contributed by atoms with Crippen LogP contribution in [0.4, 0.5) is 10.5 Å². The molecule has 2 amide bonds. The van der Waals surface area contributed by atoms with Gasteiger partial charge in [-0.1, -0.05) is 18.2 Å². The number of amides is 2. The highest BCUT2D eigenvalue weighted by Gasteiger charge is 2.05. The molecule has 0 bridgehead atoms. The molecular weight excluding hydrogens is 214 g/mol. The van der Waals surface area contributed by atoms with E-state index in [1.54, 1.807) is 19.1 Å². The van der Waals surface area contributed by atoms with Crippen molar-refractivity contribution in [3.63, 3.8) is 0 Å². The highest BCUT2D eigenvalue weighted by Crippen LogP contribution is 2.16. The second kappa shape index (κ2) is 5.58. The van der Waals surface area contributed by atoms with E-state index in [4.69, 9.17) is 11.6 Å². The molecule has 0 saturated carbocycles. The second-order valence-electron chi connectivity index (χ2n) is 3.25. The smallest absolute Gasteiger partial charge is 0.307 e. The Morgan fingerprint density at radius 1 is 1.40 bits per heavy atom. The Balaban J connectivity index is 2.67. The Morgan fingerprint density at radius 2 is 2.07 bits per heavy atom. The van der Waals surface area contributed by atoms with Crippen LogP contribution in [0.2, 0.25) is 0 Å². The summed E-state index contributed by atoms with van der Waals surface area (Å²) in [6.07, 6.45) is 0. The van der Waals surface area contributed by atoms with E-state index in [0.29, 0.717) is 5.88 Å². The maximum Gasteiger partial charge on any atom is 0.333 e. The molecule has 0 aromatic heterocycles. The molecule has 1 aromatic carbocycles. The summed E-state index contributed by atoms with van der Waals surface area (Å²) in [5.74, 6) is 0.373. The van der Waals surface area contributed by atoms with Crippen LogP contribution in [0.15, 0.2) is 24.3 Å². The lowest BCUT2D eigenvalue weighted by Gasteiger charge is -2.14. The van der Waals surface area contributed by atoms with Crippen LogP contribution in [0.25, 0.3) is 0 Å². The van der Waals surface area contributed by atoms with Crippen molar-refractivity contribution in [2.45, 2.75) is 5.88 Å². The third-order valence-electron chi connectivity index (χ3n) is 1.73. The van der Waals surface area contributed by atoms with Gasteiger partial charge >= 0.3 is 6.03 Å². The van der Waals surface area contributed by atoms with E-state index >= 15 is 0 Å². The van der Waals surface area contributed by atoms with Gasteiger partial charge < -0.3 is 5.32 Å². The molecule has 0 aliphatic carbocycles. The number of alkyl halides is 1. The highest BCUT2D eigenvalue weighted by atomic mass is 35.5. The number of anilines is 1. The van der Waals surface area contributed by atoms with Gasteiger partial charge in [0.05, 0.1) is 0 Å². The minimum atomic E-state index is -0.280. The van der Waals surface area contributed by atoms with Crippen molar-refractivity contribution in [3.05, 3.63) is 29.8 Å². The maximum absolute atomic E-state index is 11.4. The van der Waals surface area contributed by atoms with Gasteiger partial charge in [-0.3, -0.25) is 5.43 Å². The van der Waals surface area contributed by atoms with E-state index in [1.165, 1.54) is 0 Å². The van der Waals surface area contributed by atoms with Gasteiger partial charge in [0.1, 0.15) is 0 Å². The number of nitrogens with zero attached hydrogens (tertiary/aromatic N) is 1. The minimum absolute atomic E-state index is 0.280. The normalized spacial score (nSPS) is 10.1. The zero-order chi connectivity index (χ0) is 11.3. The number of para-hydroxylation sites is 1. The lowest BCUT2D eigenvalue weighted by molar-refractivity contribution is 0.224. The van der Waals surface area contributed by atoms with Crippen molar-refractivity contribution in [1.29, 1.82) is 0 Å².